The van der Waals surface area contributed by atoms with E-state index in [1.807, 2.05) is 30.3 Å². The number of rotatable bonds is 8. The minimum atomic E-state index is -1.15. The maximum atomic E-state index is 13.2. The fourth-order valence-corrected chi connectivity index (χ4v) is 5.23. The van der Waals surface area contributed by atoms with Crippen LogP contribution in [0.4, 0.5) is 0 Å². The number of benzene rings is 4. The lowest BCUT2D eigenvalue weighted by atomic mass is 10.0. The highest BCUT2D eigenvalue weighted by Crippen LogP contribution is 2.35. The van der Waals surface area contributed by atoms with E-state index in [1.165, 1.54) is 11.8 Å². The molecule has 1 saturated heterocycles. The van der Waals surface area contributed by atoms with E-state index in [2.05, 4.69) is 0 Å². The van der Waals surface area contributed by atoms with Gasteiger partial charge in [0.15, 0.2) is 18.3 Å². The maximum absolute atomic E-state index is 13.2. The van der Waals surface area contributed by atoms with Crippen molar-refractivity contribution < 1.29 is 33.3 Å². The van der Waals surface area contributed by atoms with Crippen molar-refractivity contribution in [1.29, 1.82) is 0 Å². The van der Waals surface area contributed by atoms with Crippen LogP contribution < -0.4 is 0 Å². The van der Waals surface area contributed by atoms with Gasteiger partial charge in [-0.05, 0) is 48.5 Å². The van der Waals surface area contributed by atoms with Crippen molar-refractivity contribution in [3.63, 3.8) is 0 Å². The quantitative estimate of drug-likeness (QED) is 0.199. The first kappa shape index (κ1) is 27.2. The molecule has 0 saturated carbocycles. The van der Waals surface area contributed by atoms with Gasteiger partial charge in [0.2, 0.25) is 0 Å². The molecule has 1 aliphatic rings. The van der Waals surface area contributed by atoms with Crippen LogP contribution in [0, 0.1) is 0 Å². The minimum absolute atomic E-state index is 0.0742. The molecule has 1 heterocycles. The zero-order chi connectivity index (χ0) is 27.7. The van der Waals surface area contributed by atoms with Crippen LogP contribution in [0.3, 0.4) is 0 Å². The van der Waals surface area contributed by atoms with E-state index in [-0.39, 0.29) is 6.61 Å². The first-order chi connectivity index (χ1) is 19.6. The van der Waals surface area contributed by atoms with E-state index in [9.17, 15) is 14.4 Å². The van der Waals surface area contributed by atoms with Crippen LogP contribution in [-0.2, 0) is 18.9 Å². The smallest absolute Gasteiger partial charge is 0.338 e. The van der Waals surface area contributed by atoms with Gasteiger partial charge in [0, 0.05) is 4.90 Å². The van der Waals surface area contributed by atoms with Crippen molar-refractivity contribution in [2.75, 3.05) is 6.61 Å². The van der Waals surface area contributed by atoms with Crippen LogP contribution in [0.5, 0.6) is 0 Å². The highest BCUT2D eigenvalue weighted by Gasteiger charge is 2.48. The van der Waals surface area contributed by atoms with Gasteiger partial charge in [0.1, 0.15) is 5.44 Å². The summed E-state index contributed by atoms with van der Waals surface area (Å²) in [6, 6.07) is 34.9. The molecule has 4 aromatic rings. The molecular formula is C32H26O7S. The van der Waals surface area contributed by atoms with Crippen LogP contribution in [-0.4, -0.2) is 48.3 Å². The number of carbonyl (C=O) groups is 3. The Morgan fingerprint density at radius 1 is 0.550 bits per heavy atom. The van der Waals surface area contributed by atoms with Crippen LogP contribution in [0.1, 0.15) is 31.1 Å². The topological polar surface area (TPSA) is 88.1 Å². The fraction of sp³-hybridized carbons (Fsp3) is 0.156. The molecule has 0 spiro atoms. The normalized spacial score (nSPS) is 20.2. The fourth-order valence-electron chi connectivity index (χ4n) is 4.16. The van der Waals surface area contributed by atoms with Crippen molar-refractivity contribution >= 4 is 29.7 Å². The lowest BCUT2D eigenvalue weighted by Crippen LogP contribution is -2.56. The van der Waals surface area contributed by atoms with Crippen LogP contribution in [0.25, 0.3) is 0 Å². The molecule has 0 amide bonds. The SMILES string of the molecule is O=C(O[C@@H]1[C@H](OC(=O)c2ccccc2)[C@H](OC(=O)c2ccccc2)CO[C@H]1Sc1ccccc1)c1ccccc1. The average Bonchev–Trinajstić information content (AvgIpc) is 3.01. The molecule has 40 heavy (non-hydrogen) atoms. The van der Waals surface area contributed by atoms with Gasteiger partial charge in [0.05, 0.1) is 23.3 Å². The Bertz CT molecular complexity index is 1420. The van der Waals surface area contributed by atoms with Crippen molar-refractivity contribution in [3.05, 3.63) is 138 Å². The largest absolute Gasteiger partial charge is 0.452 e. The van der Waals surface area contributed by atoms with Crippen molar-refractivity contribution in [3.8, 4) is 0 Å². The summed E-state index contributed by atoms with van der Waals surface area (Å²) in [6.45, 7) is -0.0742. The number of ether oxygens (including phenoxy) is 4. The highest BCUT2D eigenvalue weighted by molar-refractivity contribution is 7.99. The third kappa shape index (κ3) is 6.77. The highest BCUT2D eigenvalue weighted by atomic mass is 32.2. The van der Waals surface area contributed by atoms with E-state index >= 15 is 0 Å². The molecule has 1 aliphatic heterocycles. The first-order valence-corrected chi connectivity index (χ1v) is 13.6. The van der Waals surface area contributed by atoms with Gasteiger partial charge in [0.25, 0.3) is 0 Å². The van der Waals surface area contributed by atoms with Gasteiger partial charge in [-0.3, -0.25) is 0 Å². The molecule has 7 nitrogen and oxygen atoms in total. The zero-order valence-electron chi connectivity index (χ0n) is 21.3. The molecule has 0 aliphatic carbocycles. The Labute approximate surface area is 236 Å². The Morgan fingerprint density at radius 3 is 1.43 bits per heavy atom. The number of carbonyl (C=O) groups excluding carboxylic acids is 3. The van der Waals surface area contributed by atoms with E-state index < -0.39 is 41.7 Å². The summed E-state index contributed by atoms with van der Waals surface area (Å²) in [5, 5.41) is 0. The number of hydrogen-bond acceptors (Lipinski definition) is 8. The van der Waals surface area contributed by atoms with Gasteiger partial charge in [-0.15, -0.1) is 0 Å². The molecule has 4 aromatic carbocycles. The number of thioether (sulfide) groups is 1. The average molecular weight is 555 g/mol. The lowest BCUT2D eigenvalue weighted by molar-refractivity contribution is -0.167. The second kappa shape index (κ2) is 13.1. The van der Waals surface area contributed by atoms with Crippen LogP contribution >= 0.6 is 11.8 Å². The molecule has 0 bridgehead atoms. The number of hydrogen-bond donors (Lipinski definition) is 0. The Hall–Kier alpha value is -4.40. The van der Waals surface area contributed by atoms with Gasteiger partial charge in [-0.2, -0.15) is 0 Å². The standard InChI is InChI=1S/C32H26O7S/c33-29(22-13-5-1-6-14-22)37-26-21-36-32(40-25-19-11-4-12-20-25)28(39-31(35)24-17-9-3-10-18-24)27(26)38-30(34)23-15-7-2-8-16-23/h1-20,26-28,32H,21H2/t26-,27-,28-,32+/m1/s1. The Morgan fingerprint density at radius 2 is 0.950 bits per heavy atom. The molecule has 0 radical (unpaired) electrons. The van der Waals surface area contributed by atoms with E-state index in [0.717, 1.165) is 4.90 Å². The third-order valence-corrected chi connectivity index (χ3v) is 7.33. The lowest BCUT2D eigenvalue weighted by Gasteiger charge is -2.40. The minimum Gasteiger partial charge on any atom is -0.452 e. The van der Waals surface area contributed by atoms with Gasteiger partial charge in [-0.25, -0.2) is 14.4 Å². The van der Waals surface area contributed by atoms with Gasteiger partial charge >= 0.3 is 17.9 Å². The third-order valence-electron chi connectivity index (χ3n) is 6.15. The van der Waals surface area contributed by atoms with Gasteiger partial charge in [-0.1, -0.05) is 84.6 Å². The molecule has 202 valence electrons. The summed E-state index contributed by atoms with van der Waals surface area (Å²) >= 11 is 1.32. The molecular weight excluding hydrogens is 528 g/mol. The van der Waals surface area contributed by atoms with E-state index in [4.69, 9.17) is 18.9 Å². The molecule has 1 fully saturated rings. The van der Waals surface area contributed by atoms with Crippen molar-refractivity contribution in [1.82, 2.24) is 0 Å². The summed E-state index contributed by atoms with van der Waals surface area (Å²) in [5.74, 6) is -1.88. The van der Waals surface area contributed by atoms with Gasteiger partial charge < -0.3 is 18.9 Å². The molecule has 0 N–H and O–H groups in total. The molecule has 0 unspecified atom stereocenters. The Kier molecular flexibility index (Phi) is 8.90. The monoisotopic (exact) mass is 554 g/mol. The van der Waals surface area contributed by atoms with Crippen molar-refractivity contribution in [2.45, 2.75) is 28.6 Å². The number of esters is 3. The molecule has 4 atom stereocenters. The summed E-state index contributed by atoms with van der Waals surface area (Å²) in [4.78, 5) is 40.3. The Balaban J connectivity index is 1.48. The van der Waals surface area contributed by atoms with Crippen LogP contribution in [0.15, 0.2) is 126 Å². The molecule has 8 heteroatoms. The second-order valence-corrected chi connectivity index (χ2v) is 10.1. The maximum Gasteiger partial charge on any atom is 0.338 e. The van der Waals surface area contributed by atoms with Crippen LogP contribution in [0.2, 0.25) is 0 Å². The molecule has 5 rings (SSSR count). The van der Waals surface area contributed by atoms with Crippen molar-refractivity contribution in [2.24, 2.45) is 0 Å². The van der Waals surface area contributed by atoms with E-state index in [1.54, 1.807) is 91.0 Å². The predicted octanol–water partition coefficient (Wildman–Crippen LogP) is 5.81. The second-order valence-electron chi connectivity index (χ2n) is 8.91. The summed E-state index contributed by atoms with van der Waals surface area (Å²) in [7, 11) is 0. The van der Waals surface area contributed by atoms with E-state index in [0.29, 0.717) is 16.7 Å². The summed E-state index contributed by atoms with van der Waals surface area (Å²) in [6.07, 6.45) is -3.29. The summed E-state index contributed by atoms with van der Waals surface area (Å²) < 4.78 is 23.8. The molecule has 0 aromatic heterocycles. The predicted molar refractivity (Wildman–Crippen MR) is 149 cm³/mol. The first-order valence-electron chi connectivity index (χ1n) is 12.7. The summed E-state index contributed by atoms with van der Waals surface area (Å²) in [5.41, 5.74) is 0.203. The zero-order valence-corrected chi connectivity index (χ0v) is 22.1.